The van der Waals surface area contributed by atoms with Crippen molar-refractivity contribution in [3.63, 3.8) is 0 Å². The minimum absolute atomic E-state index is 0.0341. The zero-order valence-corrected chi connectivity index (χ0v) is 15.3. The first kappa shape index (κ1) is 21.7. The molecular weight excluding hydrogens is 350 g/mol. The molecule has 0 aliphatic carbocycles. The summed E-state index contributed by atoms with van der Waals surface area (Å²) in [5.41, 5.74) is 0. The lowest BCUT2D eigenvalue weighted by Gasteiger charge is -2.39. The molecule has 10 nitrogen and oxygen atoms in total. The second kappa shape index (κ2) is 10.6. The van der Waals surface area contributed by atoms with Gasteiger partial charge >= 0.3 is 24.0 Å². The van der Waals surface area contributed by atoms with Crippen LogP contribution in [0.2, 0.25) is 0 Å². The molecule has 26 heavy (non-hydrogen) atoms. The van der Waals surface area contributed by atoms with Crippen molar-refractivity contribution in [3.8, 4) is 0 Å². The van der Waals surface area contributed by atoms with Gasteiger partial charge in [0.2, 0.25) is 6.29 Å². The summed E-state index contributed by atoms with van der Waals surface area (Å²) in [6.07, 6.45) is -3.97. The first-order valence-corrected chi connectivity index (χ1v) is 8.30. The lowest BCUT2D eigenvalue weighted by Crippen LogP contribution is -2.54. The smallest absolute Gasteiger partial charge is 0.409 e. The molecule has 0 aromatic heterocycles. The Kier molecular flexibility index (Phi) is 8.83. The van der Waals surface area contributed by atoms with Crippen LogP contribution in [0.25, 0.3) is 0 Å². The first-order valence-electron chi connectivity index (χ1n) is 8.30. The Morgan fingerprint density at radius 2 is 1.65 bits per heavy atom. The van der Waals surface area contributed by atoms with E-state index in [1.54, 1.807) is 0 Å². The number of amides is 1. The van der Waals surface area contributed by atoms with Gasteiger partial charge in [-0.15, -0.1) is 0 Å². The van der Waals surface area contributed by atoms with Crippen LogP contribution in [0.15, 0.2) is 0 Å². The molecule has 148 valence electrons. The highest BCUT2D eigenvalue weighted by Gasteiger charge is 2.45. The number of hydrogen-bond acceptors (Lipinski definition) is 9. The fourth-order valence-electron chi connectivity index (χ4n) is 2.36. The molecule has 4 atom stereocenters. The number of alkyl carbamates (subject to hydrolysis) is 1. The molecule has 1 aliphatic heterocycles. The molecule has 1 amide bonds. The lowest BCUT2D eigenvalue weighted by molar-refractivity contribution is -0.251. The van der Waals surface area contributed by atoms with E-state index >= 15 is 0 Å². The number of esters is 3. The number of hydrogen-bond donors (Lipinski definition) is 1. The molecule has 0 bridgehead atoms. The van der Waals surface area contributed by atoms with E-state index in [2.05, 4.69) is 5.32 Å². The van der Waals surface area contributed by atoms with Crippen LogP contribution in [0.1, 0.15) is 40.5 Å². The summed E-state index contributed by atoms with van der Waals surface area (Å²) in [6, 6.07) is 0. The van der Waals surface area contributed by atoms with E-state index in [9.17, 15) is 19.2 Å². The molecule has 1 N–H and O–H groups in total. The number of carbonyl (C=O) groups excluding carboxylic acids is 4. The van der Waals surface area contributed by atoms with Gasteiger partial charge in [-0.05, 0) is 6.42 Å². The predicted molar refractivity (Wildman–Crippen MR) is 85.8 cm³/mol. The quantitative estimate of drug-likeness (QED) is 0.504. The minimum atomic E-state index is -1.07. The molecule has 1 heterocycles. The van der Waals surface area contributed by atoms with Crippen LogP contribution in [-0.2, 0) is 38.1 Å². The second-order valence-electron chi connectivity index (χ2n) is 5.70. The maximum absolute atomic E-state index is 11.7. The predicted octanol–water partition coefficient (Wildman–Crippen LogP) is 0.664. The van der Waals surface area contributed by atoms with Gasteiger partial charge in [-0.2, -0.15) is 0 Å². The summed E-state index contributed by atoms with van der Waals surface area (Å²) in [5.74, 6) is -1.79. The standard InChI is InChI=1S/C16H25NO9/c1-5-6-17-16(21)26-14-7-12(23-10(3)19)15(24-11(4)20)13(25-14)8-22-9(2)18/h12-15H,5-8H2,1-4H3,(H,17,21)/t12-,13-,14+,15?/m1/s1. The fraction of sp³-hybridized carbons (Fsp3) is 0.750. The van der Waals surface area contributed by atoms with Crippen molar-refractivity contribution in [2.75, 3.05) is 13.2 Å². The number of ether oxygens (including phenoxy) is 5. The van der Waals surface area contributed by atoms with E-state index in [0.717, 1.165) is 6.42 Å². The zero-order chi connectivity index (χ0) is 19.7. The van der Waals surface area contributed by atoms with Gasteiger partial charge in [-0.25, -0.2) is 4.79 Å². The molecule has 1 unspecified atom stereocenters. The van der Waals surface area contributed by atoms with E-state index in [0.29, 0.717) is 6.54 Å². The first-order chi connectivity index (χ1) is 12.2. The van der Waals surface area contributed by atoms with Crippen molar-refractivity contribution in [1.82, 2.24) is 5.32 Å². The molecule has 1 rings (SSSR count). The summed E-state index contributed by atoms with van der Waals surface area (Å²) in [5, 5.41) is 2.52. The van der Waals surface area contributed by atoms with Gasteiger partial charge in [-0.1, -0.05) is 6.92 Å². The average Bonchev–Trinajstić information content (AvgIpc) is 2.52. The normalized spacial score (nSPS) is 24.9. The Balaban J connectivity index is 2.90. The van der Waals surface area contributed by atoms with Crippen LogP contribution in [0.5, 0.6) is 0 Å². The molecule has 0 spiro atoms. The number of rotatable bonds is 7. The molecule has 0 aromatic rings. The van der Waals surface area contributed by atoms with Gasteiger partial charge in [0.05, 0.1) is 6.42 Å². The maximum Gasteiger partial charge on any atom is 0.409 e. The van der Waals surface area contributed by atoms with Crippen molar-refractivity contribution in [1.29, 1.82) is 0 Å². The van der Waals surface area contributed by atoms with Gasteiger partial charge in [-0.3, -0.25) is 14.4 Å². The van der Waals surface area contributed by atoms with Crippen LogP contribution < -0.4 is 5.32 Å². The summed E-state index contributed by atoms with van der Waals surface area (Å²) in [7, 11) is 0. The summed E-state index contributed by atoms with van der Waals surface area (Å²) in [4.78, 5) is 45.6. The highest BCUT2D eigenvalue weighted by atomic mass is 16.7. The third-order valence-corrected chi connectivity index (χ3v) is 3.31. The Morgan fingerprint density at radius 1 is 1.00 bits per heavy atom. The van der Waals surface area contributed by atoms with Crippen molar-refractivity contribution >= 4 is 24.0 Å². The van der Waals surface area contributed by atoms with Gasteiger partial charge in [0.15, 0.2) is 6.10 Å². The Morgan fingerprint density at radius 3 is 2.19 bits per heavy atom. The third kappa shape index (κ3) is 7.68. The second-order valence-corrected chi connectivity index (χ2v) is 5.70. The highest BCUT2D eigenvalue weighted by molar-refractivity contribution is 5.68. The van der Waals surface area contributed by atoms with Gasteiger partial charge < -0.3 is 29.0 Å². The third-order valence-electron chi connectivity index (χ3n) is 3.31. The maximum atomic E-state index is 11.7. The largest absolute Gasteiger partial charge is 0.463 e. The van der Waals surface area contributed by atoms with E-state index in [1.165, 1.54) is 20.8 Å². The molecule has 0 aromatic carbocycles. The van der Waals surface area contributed by atoms with Gasteiger partial charge in [0.1, 0.15) is 18.8 Å². The topological polar surface area (TPSA) is 126 Å². The average molecular weight is 375 g/mol. The van der Waals surface area contributed by atoms with Gasteiger partial charge in [0, 0.05) is 27.3 Å². The number of carbonyl (C=O) groups is 4. The van der Waals surface area contributed by atoms with Crippen molar-refractivity contribution < 1.29 is 42.9 Å². The highest BCUT2D eigenvalue weighted by Crippen LogP contribution is 2.27. The van der Waals surface area contributed by atoms with Crippen LogP contribution >= 0.6 is 0 Å². The van der Waals surface area contributed by atoms with E-state index in [-0.39, 0.29) is 13.0 Å². The number of nitrogens with one attached hydrogen (secondary N) is 1. The van der Waals surface area contributed by atoms with E-state index in [4.69, 9.17) is 23.7 Å². The van der Waals surface area contributed by atoms with Gasteiger partial charge in [0.25, 0.3) is 0 Å². The molecule has 1 saturated heterocycles. The Labute approximate surface area is 151 Å². The minimum Gasteiger partial charge on any atom is -0.463 e. The summed E-state index contributed by atoms with van der Waals surface area (Å²) in [6.45, 7) is 5.64. The summed E-state index contributed by atoms with van der Waals surface area (Å²) >= 11 is 0. The molecule has 1 fully saturated rings. The fourth-order valence-corrected chi connectivity index (χ4v) is 2.36. The lowest BCUT2D eigenvalue weighted by atomic mass is 10.0. The van der Waals surface area contributed by atoms with Crippen molar-refractivity contribution in [2.24, 2.45) is 0 Å². The van der Waals surface area contributed by atoms with Crippen LogP contribution in [0.4, 0.5) is 4.79 Å². The Hall–Kier alpha value is -2.36. The molecule has 10 heteroatoms. The summed E-state index contributed by atoms with van der Waals surface area (Å²) < 4.78 is 26.0. The van der Waals surface area contributed by atoms with E-state index in [1.807, 2.05) is 6.92 Å². The van der Waals surface area contributed by atoms with Crippen LogP contribution in [-0.4, -0.2) is 61.8 Å². The van der Waals surface area contributed by atoms with Crippen LogP contribution in [0, 0.1) is 0 Å². The molecular formula is C16H25NO9. The van der Waals surface area contributed by atoms with Crippen LogP contribution in [0.3, 0.4) is 0 Å². The molecule has 0 saturated carbocycles. The monoisotopic (exact) mass is 375 g/mol. The molecule has 0 radical (unpaired) electrons. The SMILES string of the molecule is CCCNC(=O)O[C@H]1C[C@@H](OC(C)=O)C(OC(C)=O)[C@@H](COC(C)=O)O1. The van der Waals surface area contributed by atoms with Crippen molar-refractivity contribution in [3.05, 3.63) is 0 Å². The van der Waals surface area contributed by atoms with E-state index < -0.39 is 48.6 Å². The van der Waals surface area contributed by atoms with Crippen molar-refractivity contribution in [2.45, 2.75) is 65.1 Å². The zero-order valence-electron chi connectivity index (χ0n) is 15.3. The Bertz CT molecular complexity index is 522. The molecule has 1 aliphatic rings.